The van der Waals surface area contributed by atoms with Gasteiger partial charge in [0.05, 0.1) is 16.8 Å². The van der Waals surface area contributed by atoms with Crippen LogP contribution in [0.4, 0.5) is 11.4 Å². The molecule has 0 aliphatic rings. The Morgan fingerprint density at radius 3 is 2.70 bits per heavy atom. The van der Waals surface area contributed by atoms with E-state index in [1.807, 2.05) is 0 Å². The first-order valence-electron chi connectivity index (χ1n) is 6.12. The summed E-state index contributed by atoms with van der Waals surface area (Å²) in [6.45, 7) is 1.67. The van der Waals surface area contributed by atoms with Gasteiger partial charge in [0, 0.05) is 11.3 Å². The number of hydrogen-bond donors (Lipinski definition) is 3. The third kappa shape index (κ3) is 3.29. The first-order chi connectivity index (χ1) is 9.47. The van der Waals surface area contributed by atoms with Crippen LogP contribution in [0, 0.1) is 0 Å². The Morgan fingerprint density at radius 2 is 2.05 bits per heavy atom. The maximum Gasteiger partial charge on any atom is 0.255 e. The van der Waals surface area contributed by atoms with Crippen molar-refractivity contribution < 1.29 is 9.90 Å². The van der Waals surface area contributed by atoms with Gasteiger partial charge in [0.15, 0.2) is 0 Å². The Kier molecular flexibility index (Phi) is 4.27. The average molecular weight is 291 g/mol. The minimum Gasteiger partial charge on any atom is -0.398 e. The summed E-state index contributed by atoms with van der Waals surface area (Å²) in [7, 11) is 0. The lowest BCUT2D eigenvalue weighted by atomic mass is 10.1. The minimum atomic E-state index is -0.585. The Bertz CT molecular complexity index is 642. The van der Waals surface area contributed by atoms with Crippen LogP contribution in [-0.4, -0.2) is 11.0 Å². The summed E-state index contributed by atoms with van der Waals surface area (Å²) in [4.78, 5) is 12.1. The molecule has 4 nitrogen and oxygen atoms in total. The van der Waals surface area contributed by atoms with Crippen molar-refractivity contribution in [3.8, 4) is 0 Å². The van der Waals surface area contributed by atoms with Crippen LogP contribution in [0.15, 0.2) is 42.5 Å². The molecule has 104 valence electrons. The fourth-order valence-electron chi connectivity index (χ4n) is 1.76. The smallest absolute Gasteiger partial charge is 0.255 e. The van der Waals surface area contributed by atoms with Crippen molar-refractivity contribution >= 4 is 28.9 Å². The normalized spacial score (nSPS) is 11.9. The molecule has 5 heteroatoms. The summed E-state index contributed by atoms with van der Waals surface area (Å²) < 4.78 is 0. The second-order valence-corrected chi connectivity index (χ2v) is 4.90. The van der Waals surface area contributed by atoms with E-state index in [0.29, 0.717) is 22.0 Å². The van der Waals surface area contributed by atoms with Gasteiger partial charge in [0.25, 0.3) is 5.91 Å². The van der Waals surface area contributed by atoms with Gasteiger partial charge in [-0.2, -0.15) is 0 Å². The van der Waals surface area contributed by atoms with Crippen LogP contribution < -0.4 is 11.1 Å². The van der Waals surface area contributed by atoms with Crippen LogP contribution in [0.25, 0.3) is 0 Å². The van der Waals surface area contributed by atoms with Crippen molar-refractivity contribution in [2.24, 2.45) is 0 Å². The molecule has 2 aromatic rings. The zero-order valence-electron chi connectivity index (χ0n) is 10.9. The van der Waals surface area contributed by atoms with Gasteiger partial charge in [0.2, 0.25) is 0 Å². The fourth-order valence-corrected chi connectivity index (χ4v) is 1.88. The third-order valence-electron chi connectivity index (χ3n) is 2.89. The van der Waals surface area contributed by atoms with E-state index >= 15 is 0 Å². The number of aliphatic hydroxyl groups excluding tert-OH is 1. The molecule has 0 fully saturated rings. The largest absolute Gasteiger partial charge is 0.398 e. The second-order valence-electron chi connectivity index (χ2n) is 4.49. The number of anilines is 2. The Labute approximate surface area is 122 Å². The molecule has 0 bridgehead atoms. The topological polar surface area (TPSA) is 75.3 Å². The lowest BCUT2D eigenvalue weighted by Gasteiger charge is -2.09. The second kappa shape index (κ2) is 5.94. The highest BCUT2D eigenvalue weighted by Gasteiger charge is 2.09. The van der Waals surface area contributed by atoms with E-state index in [4.69, 9.17) is 17.3 Å². The number of halogens is 1. The predicted octanol–water partition coefficient (Wildman–Crippen LogP) is 3.23. The number of amides is 1. The van der Waals surface area contributed by atoms with Crippen molar-refractivity contribution in [1.82, 2.24) is 0 Å². The molecule has 0 aromatic heterocycles. The van der Waals surface area contributed by atoms with E-state index in [1.165, 1.54) is 6.07 Å². The molecule has 1 amide bonds. The van der Waals surface area contributed by atoms with E-state index in [0.717, 1.165) is 5.56 Å². The summed E-state index contributed by atoms with van der Waals surface area (Å²) in [5.41, 5.74) is 7.80. The van der Waals surface area contributed by atoms with Crippen molar-refractivity contribution in [1.29, 1.82) is 0 Å². The van der Waals surface area contributed by atoms with E-state index in [9.17, 15) is 9.90 Å². The summed E-state index contributed by atoms with van der Waals surface area (Å²) in [6, 6.07) is 11.8. The van der Waals surface area contributed by atoms with Gasteiger partial charge in [-0.3, -0.25) is 4.79 Å². The molecule has 0 aliphatic heterocycles. The monoisotopic (exact) mass is 290 g/mol. The maximum atomic E-state index is 12.1. The third-order valence-corrected chi connectivity index (χ3v) is 3.23. The standard InChI is InChI=1S/C15H15ClN2O2/c1-9(19)10-3-2-4-12(7-10)18-15(20)11-5-6-13(16)14(17)8-11/h2-9,19H,17H2,1H3,(H,18,20). The Balaban J connectivity index is 2.19. The highest BCUT2D eigenvalue weighted by atomic mass is 35.5. The first-order valence-corrected chi connectivity index (χ1v) is 6.49. The van der Waals surface area contributed by atoms with Gasteiger partial charge in [-0.1, -0.05) is 23.7 Å². The van der Waals surface area contributed by atoms with Gasteiger partial charge in [0.1, 0.15) is 0 Å². The van der Waals surface area contributed by atoms with Crippen molar-refractivity contribution in [2.45, 2.75) is 13.0 Å². The number of rotatable bonds is 3. The average Bonchev–Trinajstić information content (AvgIpc) is 2.42. The van der Waals surface area contributed by atoms with Gasteiger partial charge >= 0.3 is 0 Å². The molecule has 2 rings (SSSR count). The maximum absolute atomic E-state index is 12.1. The molecule has 0 heterocycles. The summed E-state index contributed by atoms with van der Waals surface area (Å²) in [5, 5.41) is 12.7. The van der Waals surface area contributed by atoms with Crippen LogP contribution in [0.3, 0.4) is 0 Å². The molecular formula is C15H15ClN2O2. The number of benzene rings is 2. The molecule has 0 saturated heterocycles. The molecule has 0 radical (unpaired) electrons. The number of nitrogens with two attached hydrogens (primary N) is 1. The zero-order valence-corrected chi connectivity index (χ0v) is 11.7. The van der Waals surface area contributed by atoms with Crippen molar-refractivity contribution in [2.75, 3.05) is 11.1 Å². The van der Waals surface area contributed by atoms with Crippen LogP contribution in [-0.2, 0) is 0 Å². The van der Waals surface area contributed by atoms with Crippen LogP contribution in [0.2, 0.25) is 5.02 Å². The molecule has 4 N–H and O–H groups in total. The molecule has 0 aliphatic carbocycles. The molecule has 20 heavy (non-hydrogen) atoms. The van der Waals surface area contributed by atoms with E-state index in [2.05, 4.69) is 5.32 Å². The summed E-state index contributed by atoms with van der Waals surface area (Å²) >= 11 is 5.82. The predicted molar refractivity (Wildman–Crippen MR) is 80.9 cm³/mol. The number of nitrogen functional groups attached to an aromatic ring is 1. The SMILES string of the molecule is CC(O)c1cccc(NC(=O)c2ccc(Cl)c(N)c2)c1. The van der Waals surface area contributed by atoms with E-state index < -0.39 is 6.10 Å². The number of nitrogens with one attached hydrogen (secondary N) is 1. The van der Waals surface area contributed by atoms with Crippen molar-refractivity contribution in [3.05, 3.63) is 58.6 Å². The number of hydrogen-bond acceptors (Lipinski definition) is 3. The highest BCUT2D eigenvalue weighted by Crippen LogP contribution is 2.21. The quantitative estimate of drug-likeness (QED) is 0.760. The zero-order chi connectivity index (χ0) is 14.7. The highest BCUT2D eigenvalue weighted by molar-refractivity contribution is 6.33. The molecular weight excluding hydrogens is 276 g/mol. The Hall–Kier alpha value is -2.04. The lowest BCUT2D eigenvalue weighted by Crippen LogP contribution is -2.12. The van der Waals surface area contributed by atoms with E-state index in [1.54, 1.807) is 43.3 Å². The van der Waals surface area contributed by atoms with Crippen LogP contribution in [0.1, 0.15) is 28.9 Å². The molecule has 2 aromatic carbocycles. The van der Waals surface area contributed by atoms with Gasteiger partial charge < -0.3 is 16.2 Å². The van der Waals surface area contributed by atoms with Crippen LogP contribution in [0.5, 0.6) is 0 Å². The van der Waals surface area contributed by atoms with Crippen molar-refractivity contribution in [3.63, 3.8) is 0 Å². The first kappa shape index (κ1) is 14.4. The van der Waals surface area contributed by atoms with Gasteiger partial charge in [-0.15, -0.1) is 0 Å². The number of carbonyl (C=O) groups is 1. The number of carbonyl (C=O) groups excluding carboxylic acids is 1. The summed E-state index contributed by atoms with van der Waals surface area (Å²) in [5.74, 6) is -0.281. The fraction of sp³-hybridized carbons (Fsp3) is 0.133. The molecule has 1 atom stereocenters. The molecule has 0 saturated carbocycles. The molecule has 1 unspecified atom stereocenters. The summed E-state index contributed by atoms with van der Waals surface area (Å²) in [6.07, 6.45) is -0.585. The molecule has 0 spiro atoms. The lowest BCUT2D eigenvalue weighted by molar-refractivity contribution is 0.102. The minimum absolute atomic E-state index is 0.281. The van der Waals surface area contributed by atoms with E-state index in [-0.39, 0.29) is 5.91 Å². The van der Waals surface area contributed by atoms with Crippen LogP contribution >= 0.6 is 11.6 Å². The van der Waals surface area contributed by atoms with Gasteiger partial charge in [-0.05, 0) is 42.8 Å². The number of aliphatic hydroxyl groups is 1. The van der Waals surface area contributed by atoms with Gasteiger partial charge in [-0.25, -0.2) is 0 Å². The Morgan fingerprint density at radius 1 is 1.30 bits per heavy atom.